The highest BCUT2D eigenvalue weighted by atomic mass is 32.2. The van der Waals surface area contributed by atoms with Crippen molar-refractivity contribution in [3.63, 3.8) is 0 Å². The van der Waals surface area contributed by atoms with Gasteiger partial charge in [0.15, 0.2) is 11.6 Å². The van der Waals surface area contributed by atoms with Gasteiger partial charge in [0.05, 0.1) is 0 Å². The van der Waals surface area contributed by atoms with Crippen molar-refractivity contribution in [1.29, 1.82) is 0 Å². The van der Waals surface area contributed by atoms with Crippen LogP contribution in [0.3, 0.4) is 0 Å². The number of hydrogen-bond acceptors (Lipinski definition) is 2. The number of thioether (sulfide) groups is 1. The zero-order chi connectivity index (χ0) is 11.5. The Morgan fingerprint density at radius 3 is 2.56 bits per heavy atom. The number of rotatable bonds is 2. The molecule has 0 atom stereocenters. The van der Waals surface area contributed by atoms with Gasteiger partial charge in [0.1, 0.15) is 0 Å². The minimum absolute atomic E-state index is 0.314. The minimum atomic E-state index is -0.589. The first kappa shape index (κ1) is 11.0. The minimum Gasteiger partial charge on any atom is -0.505 e. The van der Waals surface area contributed by atoms with Crippen LogP contribution in [0.15, 0.2) is 47.4 Å². The van der Waals surface area contributed by atoms with Crippen LogP contribution in [0.1, 0.15) is 0 Å². The van der Waals surface area contributed by atoms with Gasteiger partial charge in [-0.25, -0.2) is 4.39 Å². The Morgan fingerprint density at radius 1 is 1.12 bits per heavy atom. The standard InChI is InChI=1S/C13H11FOS/c1-16-13-5-3-2-4-10(13)9-6-7-12(15)11(14)8-9/h2-8,15H,1H3. The molecule has 0 saturated heterocycles. The Morgan fingerprint density at radius 2 is 1.88 bits per heavy atom. The number of benzene rings is 2. The second-order valence-corrected chi connectivity index (χ2v) is 4.21. The number of halogens is 1. The summed E-state index contributed by atoms with van der Waals surface area (Å²) < 4.78 is 13.2. The van der Waals surface area contributed by atoms with E-state index in [9.17, 15) is 4.39 Å². The van der Waals surface area contributed by atoms with Crippen molar-refractivity contribution in [2.45, 2.75) is 4.90 Å². The lowest BCUT2D eigenvalue weighted by Gasteiger charge is -2.07. The lowest BCUT2D eigenvalue weighted by atomic mass is 10.1. The summed E-state index contributed by atoms with van der Waals surface area (Å²) in [7, 11) is 0. The van der Waals surface area contributed by atoms with E-state index < -0.39 is 5.82 Å². The second kappa shape index (κ2) is 4.58. The van der Waals surface area contributed by atoms with Crippen LogP contribution in [-0.2, 0) is 0 Å². The van der Waals surface area contributed by atoms with Crippen molar-refractivity contribution in [2.75, 3.05) is 6.26 Å². The van der Waals surface area contributed by atoms with Crippen molar-refractivity contribution in [2.24, 2.45) is 0 Å². The summed E-state index contributed by atoms with van der Waals surface area (Å²) in [6, 6.07) is 12.2. The molecule has 0 heterocycles. The molecule has 0 aliphatic carbocycles. The molecule has 0 bridgehead atoms. The predicted octanol–water partition coefficient (Wildman–Crippen LogP) is 3.92. The zero-order valence-electron chi connectivity index (χ0n) is 8.77. The summed E-state index contributed by atoms with van der Waals surface area (Å²) in [5.41, 5.74) is 1.76. The fourth-order valence-electron chi connectivity index (χ4n) is 1.56. The third-order valence-corrected chi connectivity index (χ3v) is 3.16. The molecular formula is C13H11FOS. The highest BCUT2D eigenvalue weighted by Crippen LogP contribution is 2.31. The van der Waals surface area contributed by atoms with Gasteiger partial charge in [-0.15, -0.1) is 11.8 Å². The molecule has 3 heteroatoms. The van der Waals surface area contributed by atoms with E-state index in [1.165, 1.54) is 12.1 Å². The predicted molar refractivity (Wildman–Crippen MR) is 65.3 cm³/mol. The molecule has 0 amide bonds. The Kier molecular flexibility index (Phi) is 3.15. The van der Waals surface area contributed by atoms with Crippen LogP contribution in [0, 0.1) is 5.82 Å². The molecule has 0 saturated carbocycles. The van der Waals surface area contributed by atoms with E-state index in [1.807, 2.05) is 30.5 Å². The maximum absolute atomic E-state index is 13.2. The quantitative estimate of drug-likeness (QED) is 0.795. The van der Waals surface area contributed by atoms with Gasteiger partial charge in [-0.3, -0.25) is 0 Å². The Bertz CT molecular complexity index is 511. The molecule has 0 aliphatic rings. The van der Waals surface area contributed by atoms with Gasteiger partial charge in [0.25, 0.3) is 0 Å². The van der Waals surface area contributed by atoms with Gasteiger partial charge < -0.3 is 5.11 Å². The summed E-state index contributed by atoms with van der Waals surface area (Å²) >= 11 is 1.62. The van der Waals surface area contributed by atoms with Crippen molar-refractivity contribution in [3.8, 4) is 16.9 Å². The van der Waals surface area contributed by atoms with Crippen molar-refractivity contribution < 1.29 is 9.50 Å². The molecule has 0 aromatic heterocycles. The molecule has 2 aromatic carbocycles. The van der Waals surface area contributed by atoms with E-state index in [4.69, 9.17) is 5.11 Å². The highest BCUT2D eigenvalue weighted by Gasteiger charge is 2.06. The van der Waals surface area contributed by atoms with E-state index >= 15 is 0 Å². The fourth-order valence-corrected chi connectivity index (χ4v) is 2.18. The molecule has 0 spiro atoms. The van der Waals surface area contributed by atoms with Gasteiger partial charge in [0, 0.05) is 4.90 Å². The number of aromatic hydroxyl groups is 1. The van der Waals surface area contributed by atoms with Crippen molar-refractivity contribution in [3.05, 3.63) is 48.3 Å². The number of hydrogen-bond donors (Lipinski definition) is 1. The maximum Gasteiger partial charge on any atom is 0.165 e. The maximum atomic E-state index is 13.2. The van der Waals surface area contributed by atoms with E-state index in [0.717, 1.165) is 16.0 Å². The monoisotopic (exact) mass is 234 g/mol. The van der Waals surface area contributed by atoms with E-state index in [0.29, 0.717) is 0 Å². The van der Waals surface area contributed by atoms with Gasteiger partial charge in [-0.2, -0.15) is 0 Å². The third-order valence-electron chi connectivity index (χ3n) is 2.37. The SMILES string of the molecule is CSc1ccccc1-c1ccc(O)c(F)c1. The van der Waals surface area contributed by atoms with Crippen LogP contribution in [-0.4, -0.2) is 11.4 Å². The van der Waals surface area contributed by atoms with Gasteiger partial charge in [-0.05, 0) is 35.6 Å². The second-order valence-electron chi connectivity index (χ2n) is 3.37. The molecule has 0 unspecified atom stereocenters. The van der Waals surface area contributed by atoms with Gasteiger partial charge >= 0.3 is 0 Å². The Labute approximate surface area is 97.9 Å². The fraction of sp³-hybridized carbons (Fsp3) is 0.0769. The molecule has 2 rings (SSSR count). The molecule has 0 fully saturated rings. The molecule has 1 nitrogen and oxygen atoms in total. The largest absolute Gasteiger partial charge is 0.505 e. The van der Waals surface area contributed by atoms with E-state index in [-0.39, 0.29) is 5.75 Å². The molecule has 82 valence electrons. The first-order valence-corrected chi connectivity index (χ1v) is 6.07. The summed E-state index contributed by atoms with van der Waals surface area (Å²) in [4.78, 5) is 1.09. The molecule has 0 aliphatic heterocycles. The van der Waals surface area contributed by atoms with E-state index in [1.54, 1.807) is 17.8 Å². The smallest absolute Gasteiger partial charge is 0.165 e. The van der Waals surface area contributed by atoms with Crippen LogP contribution in [0.2, 0.25) is 0 Å². The van der Waals surface area contributed by atoms with Crippen LogP contribution >= 0.6 is 11.8 Å². The van der Waals surface area contributed by atoms with Gasteiger partial charge in [0.2, 0.25) is 0 Å². The third kappa shape index (κ3) is 2.04. The van der Waals surface area contributed by atoms with Crippen molar-refractivity contribution in [1.82, 2.24) is 0 Å². The van der Waals surface area contributed by atoms with E-state index in [2.05, 4.69) is 0 Å². The average Bonchev–Trinajstić information content (AvgIpc) is 2.32. The summed E-state index contributed by atoms with van der Waals surface area (Å²) in [6.07, 6.45) is 1.98. The summed E-state index contributed by atoms with van der Waals surface area (Å²) in [6.45, 7) is 0. The summed E-state index contributed by atoms with van der Waals surface area (Å²) in [5.74, 6) is -0.904. The number of phenolic OH excluding ortho intramolecular Hbond substituents is 1. The van der Waals surface area contributed by atoms with Gasteiger partial charge in [-0.1, -0.05) is 24.3 Å². The Balaban J connectivity index is 2.54. The Hall–Kier alpha value is -1.48. The molecule has 2 aromatic rings. The molecular weight excluding hydrogens is 223 g/mol. The zero-order valence-corrected chi connectivity index (χ0v) is 9.59. The normalized spacial score (nSPS) is 10.4. The lowest BCUT2D eigenvalue weighted by molar-refractivity contribution is 0.432. The molecule has 16 heavy (non-hydrogen) atoms. The first-order chi connectivity index (χ1) is 7.72. The molecule has 0 radical (unpaired) electrons. The van der Waals surface area contributed by atoms with Crippen LogP contribution in [0.25, 0.3) is 11.1 Å². The van der Waals surface area contributed by atoms with Crippen LogP contribution in [0.5, 0.6) is 5.75 Å². The first-order valence-electron chi connectivity index (χ1n) is 4.84. The van der Waals surface area contributed by atoms with Crippen LogP contribution in [0.4, 0.5) is 4.39 Å². The van der Waals surface area contributed by atoms with Crippen LogP contribution < -0.4 is 0 Å². The topological polar surface area (TPSA) is 20.2 Å². The average molecular weight is 234 g/mol. The molecule has 1 N–H and O–H groups in total. The summed E-state index contributed by atoms with van der Waals surface area (Å²) in [5, 5.41) is 9.14. The van der Waals surface area contributed by atoms with Crippen molar-refractivity contribution >= 4 is 11.8 Å². The number of phenols is 1. The highest BCUT2D eigenvalue weighted by molar-refractivity contribution is 7.98. The lowest BCUT2D eigenvalue weighted by Crippen LogP contribution is -1.83.